The fourth-order valence-corrected chi connectivity index (χ4v) is 2.13. The number of benzene rings is 1. The molecule has 0 aliphatic rings. The van der Waals surface area contributed by atoms with Crippen molar-refractivity contribution in [2.45, 2.75) is 13.0 Å². The third-order valence-corrected chi connectivity index (χ3v) is 3.08. The van der Waals surface area contributed by atoms with Crippen LogP contribution in [0.25, 0.3) is 10.9 Å². The highest BCUT2D eigenvalue weighted by atomic mass is 35.5. The first-order chi connectivity index (χ1) is 8.65. The standard InChI is InChI=1S/C12H14ClN3O2/c1-14-6-3-7-16-11(17)10-8(13)4-2-5-9(10)15-12(16)18/h2,4-5,14H,3,6-7H2,1H3,(H,15,18). The topological polar surface area (TPSA) is 66.9 Å². The fourth-order valence-electron chi connectivity index (χ4n) is 1.87. The van der Waals surface area contributed by atoms with Gasteiger partial charge in [-0.1, -0.05) is 17.7 Å². The Balaban J connectivity index is 2.58. The molecule has 18 heavy (non-hydrogen) atoms. The number of hydrogen-bond acceptors (Lipinski definition) is 3. The number of H-pyrrole nitrogens is 1. The van der Waals surface area contributed by atoms with Crippen LogP contribution in [0, 0.1) is 0 Å². The van der Waals surface area contributed by atoms with Crippen LogP contribution >= 0.6 is 11.6 Å². The zero-order chi connectivity index (χ0) is 13.1. The second-order valence-corrected chi connectivity index (χ2v) is 4.41. The molecule has 1 aromatic carbocycles. The molecular weight excluding hydrogens is 254 g/mol. The van der Waals surface area contributed by atoms with Gasteiger partial charge < -0.3 is 10.3 Å². The summed E-state index contributed by atoms with van der Waals surface area (Å²) in [5.41, 5.74) is -0.260. The maximum absolute atomic E-state index is 12.2. The molecule has 2 aromatic rings. The van der Waals surface area contributed by atoms with Gasteiger partial charge in [-0.3, -0.25) is 9.36 Å². The van der Waals surface area contributed by atoms with Gasteiger partial charge in [0.05, 0.1) is 15.9 Å². The second kappa shape index (κ2) is 5.37. The number of fused-ring (bicyclic) bond motifs is 1. The van der Waals surface area contributed by atoms with Crippen molar-refractivity contribution >= 4 is 22.5 Å². The maximum Gasteiger partial charge on any atom is 0.328 e. The van der Waals surface area contributed by atoms with E-state index in [1.165, 1.54) is 4.57 Å². The van der Waals surface area contributed by atoms with E-state index in [1.54, 1.807) is 18.2 Å². The summed E-state index contributed by atoms with van der Waals surface area (Å²) in [6.45, 7) is 1.11. The Bertz CT molecular complexity index is 675. The van der Waals surface area contributed by atoms with Crippen LogP contribution in [0.4, 0.5) is 0 Å². The van der Waals surface area contributed by atoms with E-state index in [0.29, 0.717) is 28.9 Å². The van der Waals surface area contributed by atoms with Crippen molar-refractivity contribution in [1.82, 2.24) is 14.9 Å². The van der Waals surface area contributed by atoms with Gasteiger partial charge in [0.25, 0.3) is 5.56 Å². The van der Waals surface area contributed by atoms with Gasteiger partial charge in [0, 0.05) is 6.54 Å². The van der Waals surface area contributed by atoms with Crippen LogP contribution < -0.4 is 16.6 Å². The molecule has 0 bridgehead atoms. The number of rotatable bonds is 4. The molecular formula is C12H14ClN3O2. The van der Waals surface area contributed by atoms with Gasteiger partial charge in [0.15, 0.2) is 0 Å². The van der Waals surface area contributed by atoms with E-state index in [4.69, 9.17) is 11.6 Å². The monoisotopic (exact) mass is 267 g/mol. The summed E-state index contributed by atoms with van der Waals surface area (Å²) in [6.07, 6.45) is 0.704. The fraction of sp³-hybridized carbons (Fsp3) is 0.333. The van der Waals surface area contributed by atoms with E-state index in [2.05, 4.69) is 10.3 Å². The van der Waals surface area contributed by atoms with Gasteiger partial charge >= 0.3 is 5.69 Å². The van der Waals surface area contributed by atoms with Gasteiger partial charge in [-0.05, 0) is 32.1 Å². The summed E-state index contributed by atoms with van der Waals surface area (Å²) >= 11 is 6.00. The van der Waals surface area contributed by atoms with Gasteiger partial charge in [0.1, 0.15) is 0 Å². The van der Waals surface area contributed by atoms with Crippen LogP contribution in [0.15, 0.2) is 27.8 Å². The third kappa shape index (κ3) is 2.32. The average molecular weight is 268 g/mol. The van der Waals surface area contributed by atoms with E-state index in [-0.39, 0.29) is 5.56 Å². The summed E-state index contributed by atoms with van der Waals surface area (Å²) < 4.78 is 1.19. The number of aromatic amines is 1. The number of halogens is 1. The Hall–Kier alpha value is -1.59. The van der Waals surface area contributed by atoms with Crippen LogP contribution in [0.3, 0.4) is 0 Å². The lowest BCUT2D eigenvalue weighted by Gasteiger charge is -2.06. The molecule has 1 aromatic heterocycles. The third-order valence-electron chi connectivity index (χ3n) is 2.77. The molecule has 0 spiro atoms. The van der Waals surface area contributed by atoms with Crippen molar-refractivity contribution < 1.29 is 0 Å². The molecule has 0 amide bonds. The molecule has 0 saturated carbocycles. The van der Waals surface area contributed by atoms with Crippen LogP contribution in [0.5, 0.6) is 0 Å². The quantitative estimate of drug-likeness (QED) is 0.811. The predicted octanol–water partition coefficient (Wildman–Crippen LogP) is 0.953. The van der Waals surface area contributed by atoms with E-state index < -0.39 is 5.69 Å². The Labute approximate surface area is 108 Å². The summed E-state index contributed by atoms with van der Waals surface area (Å²) in [5, 5.41) is 3.69. The van der Waals surface area contributed by atoms with Gasteiger partial charge in [-0.2, -0.15) is 0 Å². The smallest absolute Gasteiger partial charge is 0.320 e. The SMILES string of the molecule is CNCCCn1c(=O)[nH]c2cccc(Cl)c2c1=O. The highest BCUT2D eigenvalue weighted by molar-refractivity contribution is 6.35. The Morgan fingerprint density at radius 1 is 1.39 bits per heavy atom. The molecule has 0 aliphatic carbocycles. The number of aromatic nitrogens is 2. The highest BCUT2D eigenvalue weighted by Gasteiger charge is 2.09. The minimum Gasteiger partial charge on any atom is -0.320 e. The molecule has 2 N–H and O–H groups in total. The molecule has 0 unspecified atom stereocenters. The van der Waals surface area contributed by atoms with E-state index in [1.807, 2.05) is 7.05 Å². The predicted molar refractivity (Wildman–Crippen MR) is 72.4 cm³/mol. The van der Waals surface area contributed by atoms with Crippen LogP contribution in [0.1, 0.15) is 6.42 Å². The van der Waals surface area contributed by atoms with Crippen molar-refractivity contribution in [2.75, 3.05) is 13.6 Å². The largest absolute Gasteiger partial charge is 0.328 e. The number of hydrogen-bond donors (Lipinski definition) is 2. The lowest BCUT2D eigenvalue weighted by atomic mass is 10.2. The van der Waals surface area contributed by atoms with Crippen LogP contribution in [-0.2, 0) is 6.54 Å². The molecule has 0 saturated heterocycles. The second-order valence-electron chi connectivity index (χ2n) is 4.01. The highest BCUT2D eigenvalue weighted by Crippen LogP contribution is 2.16. The Kier molecular flexibility index (Phi) is 3.84. The number of nitrogens with zero attached hydrogens (tertiary/aromatic N) is 1. The first kappa shape index (κ1) is 12.9. The molecule has 0 fully saturated rings. The van der Waals surface area contributed by atoms with Crippen molar-refractivity contribution in [3.63, 3.8) is 0 Å². The van der Waals surface area contributed by atoms with E-state index in [9.17, 15) is 9.59 Å². The van der Waals surface area contributed by atoms with Crippen LogP contribution in [0.2, 0.25) is 5.02 Å². The van der Waals surface area contributed by atoms with Crippen molar-refractivity contribution in [2.24, 2.45) is 0 Å². The normalized spacial score (nSPS) is 11.0. The lowest BCUT2D eigenvalue weighted by Crippen LogP contribution is -2.35. The first-order valence-electron chi connectivity index (χ1n) is 5.71. The Morgan fingerprint density at radius 2 is 2.17 bits per heavy atom. The van der Waals surface area contributed by atoms with Gasteiger partial charge in [0.2, 0.25) is 0 Å². The zero-order valence-corrected chi connectivity index (χ0v) is 10.8. The summed E-state index contributed by atoms with van der Waals surface area (Å²) in [5.74, 6) is 0. The molecule has 6 heteroatoms. The van der Waals surface area contributed by atoms with E-state index >= 15 is 0 Å². The Morgan fingerprint density at radius 3 is 2.89 bits per heavy atom. The number of nitrogens with one attached hydrogen (secondary N) is 2. The zero-order valence-electron chi connectivity index (χ0n) is 10.00. The van der Waals surface area contributed by atoms with Gasteiger partial charge in [-0.15, -0.1) is 0 Å². The molecule has 0 aliphatic heterocycles. The molecule has 2 rings (SSSR count). The molecule has 0 radical (unpaired) electrons. The summed E-state index contributed by atoms with van der Waals surface area (Å²) in [7, 11) is 1.82. The molecule has 96 valence electrons. The summed E-state index contributed by atoms with van der Waals surface area (Å²) in [6, 6.07) is 5.01. The maximum atomic E-state index is 12.2. The minimum atomic E-state index is -0.397. The summed E-state index contributed by atoms with van der Waals surface area (Å²) in [4.78, 5) is 26.7. The van der Waals surface area contributed by atoms with E-state index in [0.717, 1.165) is 6.54 Å². The van der Waals surface area contributed by atoms with Crippen molar-refractivity contribution in [3.8, 4) is 0 Å². The average Bonchev–Trinajstić information content (AvgIpc) is 2.33. The molecule has 5 nitrogen and oxygen atoms in total. The molecule has 1 heterocycles. The van der Waals surface area contributed by atoms with Crippen molar-refractivity contribution in [1.29, 1.82) is 0 Å². The van der Waals surface area contributed by atoms with Crippen molar-refractivity contribution in [3.05, 3.63) is 44.1 Å². The van der Waals surface area contributed by atoms with Crippen LogP contribution in [-0.4, -0.2) is 23.1 Å². The molecule has 0 atom stereocenters. The minimum absolute atomic E-state index is 0.338. The first-order valence-corrected chi connectivity index (χ1v) is 6.09. The lowest BCUT2D eigenvalue weighted by molar-refractivity contribution is 0.578. The van der Waals surface area contributed by atoms with Gasteiger partial charge in [-0.25, -0.2) is 4.79 Å².